The molecule has 0 bridgehead atoms. The van der Waals surface area contributed by atoms with E-state index in [0.717, 1.165) is 39.0 Å². The molecular weight excluding hydrogens is 382 g/mol. The van der Waals surface area contributed by atoms with Gasteiger partial charge in [-0.05, 0) is 46.8 Å². The summed E-state index contributed by atoms with van der Waals surface area (Å²) in [4.78, 5) is 2.30. The molecule has 0 radical (unpaired) electrons. The Hall–Kier alpha value is -0.0700. The Morgan fingerprint density at radius 2 is 1.86 bits per heavy atom. The van der Waals surface area contributed by atoms with Crippen LogP contribution in [0, 0.1) is 11.7 Å². The molecule has 1 saturated carbocycles. The molecule has 1 aliphatic carbocycles. The first kappa shape index (κ1) is 19.0. The van der Waals surface area contributed by atoms with E-state index >= 15 is 0 Å². The first-order valence-electron chi connectivity index (χ1n) is 6.80. The van der Waals surface area contributed by atoms with Gasteiger partial charge in [-0.15, -0.1) is 24.8 Å². The number of piperazine rings is 1. The summed E-state index contributed by atoms with van der Waals surface area (Å²) in [7, 11) is 0. The lowest BCUT2D eigenvalue weighted by atomic mass is 9.98. The third kappa shape index (κ3) is 4.02. The largest absolute Gasteiger partial charge is 0.506 e. The number of nitrogens with zero attached hydrogens (tertiary/aromatic N) is 1. The Balaban J connectivity index is 0.00000110. The van der Waals surface area contributed by atoms with Gasteiger partial charge in [0.25, 0.3) is 0 Å². The normalized spacial score (nSPS) is 20.3. The molecule has 0 aromatic heterocycles. The summed E-state index contributed by atoms with van der Waals surface area (Å²) in [5, 5.41) is 13.5. The van der Waals surface area contributed by atoms with Crippen LogP contribution in [0.2, 0.25) is 0 Å². The summed E-state index contributed by atoms with van der Waals surface area (Å²) in [6, 6.07) is 3.02. The van der Waals surface area contributed by atoms with E-state index < -0.39 is 0 Å². The summed E-state index contributed by atoms with van der Waals surface area (Å²) in [6.45, 7) is 3.68. The SMILES string of the molecule is Cl.Cl.Oc1c(Br)ccc(F)c1[C@H](C1CC1)N1CCNCC1. The van der Waals surface area contributed by atoms with Gasteiger partial charge < -0.3 is 10.4 Å². The van der Waals surface area contributed by atoms with E-state index in [-0.39, 0.29) is 42.4 Å². The third-order valence-corrected chi connectivity index (χ3v) is 4.66. The molecule has 0 unspecified atom stereocenters. The van der Waals surface area contributed by atoms with Crippen molar-refractivity contribution in [1.29, 1.82) is 0 Å². The summed E-state index contributed by atoms with van der Waals surface area (Å²) in [5.74, 6) is 0.249. The van der Waals surface area contributed by atoms with Gasteiger partial charge in [0.15, 0.2) is 0 Å². The number of aromatic hydroxyl groups is 1. The number of benzene rings is 1. The molecule has 1 aliphatic heterocycles. The predicted molar refractivity (Wildman–Crippen MR) is 90.2 cm³/mol. The highest BCUT2D eigenvalue weighted by Gasteiger charge is 2.39. The molecule has 1 atom stereocenters. The van der Waals surface area contributed by atoms with Crippen LogP contribution in [0.15, 0.2) is 16.6 Å². The van der Waals surface area contributed by atoms with Crippen LogP contribution >= 0.6 is 40.7 Å². The Bertz CT molecular complexity index is 482. The zero-order valence-corrected chi connectivity index (χ0v) is 14.7. The van der Waals surface area contributed by atoms with Crippen LogP contribution in [-0.4, -0.2) is 36.2 Å². The molecule has 3 nitrogen and oxygen atoms in total. The van der Waals surface area contributed by atoms with Crippen LogP contribution in [-0.2, 0) is 0 Å². The van der Waals surface area contributed by atoms with E-state index in [9.17, 15) is 9.50 Å². The molecule has 2 fully saturated rings. The van der Waals surface area contributed by atoms with Crippen molar-refractivity contribution >= 4 is 40.7 Å². The number of nitrogens with one attached hydrogen (secondary N) is 1. The van der Waals surface area contributed by atoms with Gasteiger partial charge in [-0.3, -0.25) is 4.90 Å². The first-order chi connectivity index (χ1) is 9.18. The molecule has 1 saturated heterocycles. The molecule has 0 spiro atoms. The van der Waals surface area contributed by atoms with Crippen molar-refractivity contribution in [2.24, 2.45) is 5.92 Å². The fraction of sp³-hybridized carbons (Fsp3) is 0.571. The van der Waals surface area contributed by atoms with Gasteiger partial charge in [0.05, 0.1) is 4.47 Å². The van der Waals surface area contributed by atoms with Gasteiger partial charge in [-0.2, -0.15) is 0 Å². The van der Waals surface area contributed by atoms with E-state index in [1.165, 1.54) is 6.07 Å². The number of halogens is 4. The minimum absolute atomic E-state index is 0. The van der Waals surface area contributed by atoms with E-state index in [2.05, 4.69) is 26.1 Å². The number of hydrogen-bond donors (Lipinski definition) is 2. The minimum atomic E-state index is -0.295. The molecule has 7 heteroatoms. The zero-order chi connectivity index (χ0) is 13.4. The Labute approximate surface area is 145 Å². The second-order valence-electron chi connectivity index (χ2n) is 5.36. The lowest BCUT2D eigenvalue weighted by molar-refractivity contribution is 0.150. The topological polar surface area (TPSA) is 35.5 Å². The summed E-state index contributed by atoms with van der Waals surface area (Å²) in [6.07, 6.45) is 2.25. The fourth-order valence-electron chi connectivity index (χ4n) is 2.93. The summed E-state index contributed by atoms with van der Waals surface area (Å²) < 4.78 is 14.8. The van der Waals surface area contributed by atoms with Crippen molar-refractivity contribution < 1.29 is 9.50 Å². The second kappa shape index (κ2) is 7.97. The quantitative estimate of drug-likeness (QED) is 0.813. The van der Waals surface area contributed by atoms with Crippen LogP contribution < -0.4 is 5.32 Å². The van der Waals surface area contributed by atoms with Gasteiger partial charge in [0.1, 0.15) is 11.6 Å². The Kier molecular flexibility index (Phi) is 7.20. The Morgan fingerprint density at radius 3 is 2.43 bits per heavy atom. The van der Waals surface area contributed by atoms with E-state index in [1.807, 2.05) is 0 Å². The maximum Gasteiger partial charge on any atom is 0.137 e. The molecular formula is C14H20BrCl2FN2O. The van der Waals surface area contributed by atoms with Crippen LogP contribution in [0.1, 0.15) is 24.4 Å². The average Bonchev–Trinajstić information content (AvgIpc) is 3.24. The van der Waals surface area contributed by atoms with Gasteiger partial charge in [-0.25, -0.2) is 4.39 Å². The molecule has 1 heterocycles. The van der Waals surface area contributed by atoms with Crippen LogP contribution in [0.5, 0.6) is 5.75 Å². The highest BCUT2D eigenvalue weighted by atomic mass is 79.9. The van der Waals surface area contributed by atoms with Crippen molar-refractivity contribution in [3.8, 4) is 5.75 Å². The highest BCUT2D eigenvalue weighted by Crippen LogP contribution is 2.48. The molecule has 21 heavy (non-hydrogen) atoms. The second-order valence-corrected chi connectivity index (χ2v) is 6.21. The van der Waals surface area contributed by atoms with E-state index in [0.29, 0.717) is 16.0 Å². The van der Waals surface area contributed by atoms with Crippen LogP contribution in [0.25, 0.3) is 0 Å². The molecule has 0 amide bonds. The molecule has 1 aromatic carbocycles. The number of phenolic OH excluding ortho intramolecular Hbond substituents is 1. The maximum absolute atomic E-state index is 14.2. The maximum atomic E-state index is 14.2. The molecule has 2 aliphatic rings. The van der Waals surface area contributed by atoms with Crippen LogP contribution in [0.3, 0.4) is 0 Å². The number of phenols is 1. The van der Waals surface area contributed by atoms with Crippen molar-refractivity contribution in [3.05, 3.63) is 28.0 Å². The number of rotatable bonds is 3. The fourth-order valence-corrected chi connectivity index (χ4v) is 3.27. The monoisotopic (exact) mass is 400 g/mol. The average molecular weight is 402 g/mol. The number of hydrogen-bond acceptors (Lipinski definition) is 3. The molecule has 2 N–H and O–H groups in total. The van der Waals surface area contributed by atoms with Gasteiger partial charge in [0, 0.05) is 37.8 Å². The minimum Gasteiger partial charge on any atom is -0.506 e. The van der Waals surface area contributed by atoms with E-state index in [4.69, 9.17) is 0 Å². The third-order valence-electron chi connectivity index (χ3n) is 4.02. The lowest BCUT2D eigenvalue weighted by Crippen LogP contribution is -2.45. The lowest BCUT2D eigenvalue weighted by Gasteiger charge is -2.36. The Morgan fingerprint density at radius 1 is 1.24 bits per heavy atom. The molecule has 3 rings (SSSR count). The van der Waals surface area contributed by atoms with Crippen molar-refractivity contribution in [2.45, 2.75) is 18.9 Å². The highest BCUT2D eigenvalue weighted by molar-refractivity contribution is 9.10. The molecule has 1 aromatic rings. The standard InChI is InChI=1S/C14H18BrFN2O.2ClH/c15-10-3-4-11(16)12(14(10)19)13(9-1-2-9)18-7-5-17-6-8-18;;/h3-4,9,13,17,19H,1-2,5-8H2;2*1H/t13-;;/m0../s1. The summed E-state index contributed by atoms with van der Waals surface area (Å²) >= 11 is 3.29. The van der Waals surface area contributed by atoms with Crippen molar-refractivity contribution in [3.63, 3.8) is 0 Å². The zero-order valence-electron chi connectivity index (χ0n) is 11.5. The van der Waals surface area contributed by atoms with Crippen molar-refractivity contribution in [1.82, 2.24) is 10.2 Å². The van der Waals surface area contributed by atoms with Crippen LogP contribution in [0.4, 0.5) is 4.39 Å². The van der Waals surface area contributed by atoms with E-state index in [1.54, 1.807) is 6.07 Å². The molecule has 120 valence electrons. The van der Waals surface area contributed by atoms with Gasteiger partial charge in [-0.1, -0.05) is 0 Å². The smallest absolute Gasteiger partial charge is 0.137 e. The van der Waals surface area contributed by atoms with Gasteiger partial charge >= 0.3 is 0 Å². The predicted octanol–water partition coefficient (Wildman–Crippen LogP) is 3.49. The van der Waals surface area contributed by atoms with Gasteiger partial charge in [0.2, 0.25) is 0 Å². The summed E-state index contributed by atoms with van der Waals surface area (Å²) in [5.41, 5.74) is 0.471. The van der Waals surface area contributed by atoms with Crippen molar-refractivity contribution in [2.75, 3.05) is 26.2 Å². The first-order valence-corrected chi connectivity index (χ1v) is 7.59.